The number of rotatable bonds is 48. The fraction of sp³-hybridized carbons (Fsp3) is 0.950. The summed E-state index contributed by atoms with van der Waals surface area (Å²) in [5.74, 6) is -1.97. The summed E-state index contributed by atoms with van der Waals surface area (Å²) in [6, 6.07) is 0. The Morgan fingerprint density at radius 2 is 0.298 bits per heavy atom. The highest BCUT2D eigenvalue weighted by molar-refractivity contribution is 5.67. The first kappa shape index (κ1) is 101. The summed E-state index contributed by atoms with van der Waals surface area (Å²) >= 11 is 0. The minimum absolute atomic E-state index is 0.344. The van der Waals surface area contributed by atoms with Crippen molar-refractivity contribution in [3.8, 4) is 0 Å². The van der Waals surface area contributed by atoms with Crippen molar-refractivity contribution in [1.29, 1.82) is 0 Å². The van der Waals surface area contributed by atoms with Gasteiger partial charge in [-0.25, -0.2) is 0 Å². The molecule has 0 heterocycles. The topological polar surface area (TPSA) is 476 Å². The van der Waals surface area contributed by atoms with Crippen LogP contribution < -0.4 is 0 Å². The zero-order valence-electron chi connectivity index (χ0n) is 52.5. The molecule has 0 saturated heterocycles. The molecule has 0 aromatic rings. The number of unbranched alkanes of at least 4 members (excludes halogenated alkanes) is 30. The maximum atomic E-state index is 10.3. The van der Waals surface area contributed by atoms with Gasteiger partial charge in [0.05, 0.1) is 79.3 Å². The number of carbonyl (C=O) groups is 3. The Bertz CT molecular complexity index is 947. The summed E-state index contributed by atoms with van der Waals surface area (Å²) in [7, 11) is 0. The van der Waals surface area contributed by atoms with E-state index in [9.17, 15) is 14.4 Å². The lowest BCUT2D eigenvalue weighted by Crippen LogP contribution is -2.15. The van der Waals surface area contributed by atoms with Gasteiger partial charge >= 0.3 is 17.9 Å². The first-order valence-electron chi connectivity index (χ1n) is 31.2. The lowest BCUT2D eigenvalue weighted by molar-refractivity contribution is -0.138. The molecule has 0 amide bonds. The van der Waals surface area contributed by atoms with Gasteiger partial charge in [-0.1, -0.05) is 213 Å². The highest BCUT2D eigenvalue weighted by Gasteiger charge is 2.01. The van der Waals surface area contributed by atoms with Crippen molar-refractivity contribution >= 4 is 17.9 Å². The zero-order chi connectivity index (χ0) is 66.1. The van der Waals surface area contributed by atoms with Gasteiger partial charge in [0.15, 0.2) is 0 Å². The second kappa shape index (κ2) is 97.0. The van der Waals surface area contributed by atoms with Gasteiger partial charge in [0.2, 0.25) is 0 Å². The molecule has 0 atom stereocenters. The molecule has 516 valence electrons. The van der Waals surface area contributed by atoms with E-state index in [4.69, 9.17) is 107 Å². The molecule has 0 spiro atoms. The molecule has 24 nitrogen and oxygen atoms in total. The molecule has 84 heavy (non-hydrogen) atoms. The Balaban J connectivity index is -0.000000112. The quantitative estimate of drug-likeness (QED) is 0.0377. The van der Waals surface area contributed by atoms with E-state index >= 15 is 0 Å². The molecule has 0 aromatic heterocycles. The Labute approximate surface area is 505 Å². The van der Waals surface area contributed by atoms with Crippen LogP contribution in [0, 0.1) is 0 Å². The molecule has 0 aliphatic heterocycles. The number of aliphatic carboxylic acids is 3. The molecule has 0 aliphatic carbocycles. The summed E-state index contributed by atoms with van der Waals surface area (Å²) < 4.78 is 0. The number of carboxylic acids is 3. The first-order valence-corrected chi connectivity index (χ1v) is 31.2. The molecule has 0 fully saturated rings. The van der Waals surface area contributed by atoms with Crippen LogP contribution in [-0.2, 0) is 14.4 Å². The summed E-state index contributed by atoms with van der Waals surface area (Å²) in [5.41, 5.74) is 0. The van der Waals surface area contributed by atoms with Crippen LogP contribution in [0.4, 0.5) is 0 Å². The van der Waals surface area contributed by atoms with E-state index in [0.29, 0.717) is 19.3 Å². The Morgan fingerprint density at radius 3 is 0.369 bits per heavy atom. The predicted molar refractivity (Wildman–Crippen MR) is 327 cm³/mol. The van der Waals surface area contributed by atoms with Gasteiger partial charge in [0, 0.05) is 19.3 Å². The molecular formula is C60H132O24. The second-order valence-corrected chi connectivity index (χ2v) is 20.2. The summed E-state index contributed by atoms with van der Waals surface area (Å²) in [5, 5.41) is 169. The summed E-state index contributed by atoms with van der Waals surface area (Å²) in [6.45, 7) is 2.37. The second-order valence-electron chi connectivity index (χ2n) is 20.2. The molecule has 0 rings (SSSR count). The molecule has 21 N–H and O–H groups in total. The van der Waals surface area contributed by atoms with E-state index in [-0.39, 0.29) is 79.3 Å². The lowest BCUT2D eigenvalue weighted by atomic mass is 10.1. The standard InChI is InChI=1S/3C14H28O2.6C3H8O3/c3*1-2-3-4-5-6-7-8-9-10-11-12-13-14(15)16;6*4-1-3(6)2-5/h3*2-13H2,1H3,(H,15,16);6*3-6H,1-2H2. The smallest absolute Gasteiger partial charge is 0.303 e. The normalized spacial score (nSPS) is 10.3. The average molecular weight is 1240 g/mol. The molecule has 0 unspecified atom stereocenters. The van der Waals surface area contributed by atoms with Gasteiger partial charge in [-0.15, -0.1) is 0 Å². The van der Waals surface area contributed by atoms with Gasteiger partial charge in [0.25, 0.3) is 0 Å². The van der Waals surface area contributed by atoms with Crippen molar-refractivity contribution < 1.29 is 122 Å². The number of carboxylic acid groups (broad SMARTS) is 3. The van der Waals surface area contributed by atoms with Crippen LogP contribution in [0.25, 0.3) is 0 Å². The monoisotopic (exact) mass is 1240 g/mol. The number of hydrogen-bond donors (Lipinski definition) is 21. The molecule has 0 bridgehead atoms. The first-order chi connectivity index (χ1) is 40.2. The maximum Gasteiger partial charge on any atom is 0.303 e. The van der Waals surface area contributed by atoms with E-state index in [1.165, 1.54) is 173 Å². The molecule has 0 aliphatic rings. The SMILES string of the molecule is CCCCCCCCCCCCCC(=O)O.CCCCCCCCCCCCCC(=O)O.CCCCCCCCCCCCCC(=O)O.OCC(O)CO.OCC(O)CO.OCC(O)CO.OCC(O)CO.OCC(O)CO.OCC(O)CO. The maximum absolute atomic E-state index is 10.3. The number of hydrogen-bond acceptors (Lipinski definition) is 21. The van der Waals surface area contributed by atoms with Gasteiger partial charge in [0.1, 0.15) is 36.6 Å². The number of aliphatic hydroxyl groups is 18. The third-order valence-electron chi connectivity index (χ3n) is 11.5. The summed E-state index contributed by atoms with van der Waals surface area (Å²) in [4.78, 5) is 30.8. The molecule has 0 aromatic carbocycles. The third-order valence-corrected chi connectivity index (χ3v) is 11.5. The number of aliphatic hydroxyl groups excluding tert-OH is 18. The largest absolute Gasteiger partial charge is 0.481 e. The van der Waals surface area contributed by atoms with Gasteiger partial charge in [-0.3, -0.25) is 14.4 Å². The van der Waals surface area contributed by atoms with Crippen LogP contribution >= 0.6 is 0 Å². The van der Waals surface area contributed by atoms with Crippen LogP contribution in [-0.4, -0.2) is 241 Å². The highest BCUT2D eigenvalue weighted by atomic mass is 16.4. The van der Waals surface area contributed by atoms with Crippen molar-refractivity contribution in [2.24, 2.45) is 0 Å². The third kappa shape index (κ3) is 134. The van der Waals surface area contributed by atoms with E-state index in [1.807, 2.05) is 0 Å². The Morgan fingerprint density at radius 1 is 0.202 bits per heavy atom. The Kier molecular flexibility index (Phi) is 116. The summed E-state index contributed by atoms with van der Waals surface area (Å²) in [6.07, 6.45) is 37.4. The van der Waals surface area contributed by atoms with Gasteiger partial charge in [-0.2, -0.15) is 0 Å². The lowest BCUT2D eigenvalue weighted by Gasteiger charge is -2.01. The van der Waals surface area contributed by atoms with Crippen LogP contribution in [0.3, 0.4) is 0 Å². The minimum Gasteiger partial charge on any atom is -0.481 e. The molecule has 0 saturated carbocycles. The van der Waals surface area contributed by atoms with Gasteiger partial charge in [-0.05, 0) is 19.3 Å². The average Bonchev–Trinajstić information content (AvgIpc) is 3.50. The van der Waals surface area contributed by atoms with E-state index in [1.54, 1.807) is 0 Å². The van der Waals surface area contributed by atoms with Crippen molar-refractivity contribution in [2.45, 2.75) is 289 Å². The molecule has 24 heteroatoms. The predicted octanol–water partition coefficient (Wildman–Crippen LogP) is 4.31. The van der Waals surface area contributed by atoms with Crippen LogP contribution in [0.2, 0.25) is 0 Å². The van der Waals surface area contributed by atoms with Crippen LogP contribution in [0.1, 0.15) is 252 Å². The van der Waals surface area contributed by atoms with Crippen LogP contribution in [0.15, 0.2) is 0 Å². The van der Waals surface area contributed by atoms with E-state index in [2.05, 4.69) is 20.8 Å². The molecular weight excluding hydrogens is 1100 g/mol. The van der Waals surface area contributed by atoms with Crippen molar-refractivity contribution in [3.05, 3.63) is 0 Å². The van der Waals surface area contributed by atoms with E-state index < -0.39 is 54.5 Å². The van der Waals surface area contributed by atoms with Crippen molar-refractivity contribution in [1.82, 2.24) is 0 Å². The highest BCUT2D eigenvalue weighted by Crippen LogP contribution is 2.14. The van der Waals surface area contributed by atoms with Crippen molar-refractivity contribution in [3.63, 3.8) is 0 Å². The van der Waals surface area contributed by atoms with Crippen molar-refractivity contribution in [2.75, 3.05) is 79.3 Å². The Hall–Kier alpha value is -2.31. The molecule has 0 radical (unpaired) electrons. The van der Waals surface area contributed by atoms with Gasteiger partial charge < -0.3 is 107 Å². The fourth-order valence-corrected chi connectivity index (χ4v) is 6.17. The zero-order valence-corrected chi connectivity index (χ0v) is 52.5. The fourth-order valence-electron chi connectivity index (χ4n) is 6.17. The minimum atomic E-state index is -0.954. The van der Waals surface area contributed by atoms with Crippen LogP contribution in [0.5, 0.6) is 0 Å². The van der Waals surface area contributed by atoms with E-state index in [0.717, 1.165) is 38.5 Å².